The molecule has 8 heteroatoms. The van der Waals surface area contributed by atoms with Gasteiger partial charge in [0.2, 0.25) is 11.6 Å². The zero-order valence-electron chi connectivity index (χ0n) is 13.0. The molecule has 2 aromatic rings. The lowest BCUT2D eigenvalue weighted by atomic mass is 10.3. The minimum absolute atomic E-state index is 0.0338. The van der Waals surface area contributed by atoms with E-state index in [1.807, 2.05) is 6.92 Å². The second-order valence-electron chi connectivity index (χ2n) is 5.03. The molecule has 0 aliphatic heterocycles. The Bertz CT molecular complexity index is 695. The molecule has 1 N–H and O–H groups in total. The van der Waals surface area contributed by atoms with Crippen LogP contribution in [0.1, 0.15) is 19.8 Å². The molecule has 0 saturated heterocycles. The van der Waals surface area contributed by atoms with Crippen molar-refractivity contribution in [2.24, 2.45) is 0 Å². The summed E-state index contributed by atoms with van der Waals surface area (Å²) in [5.41, 5.74) is -0.147. The molecule has 0 amide bonds. The molecule has 0 unspecified atom stereocenters. The fourth-order valence-corrected chi connectivity index (χ4v) is 2.10. The molecule has 7 nitrogen and oxygen atoms in total. The summed E-state index contributed by atoms with van der Waals surface area (Å²) < 4.78 is 13.7. The van der Waals surface area contributed by atoms with Crippen LogP contribution in [-0.2, 0) is 0 Å². The number of rotatable bonds is 7. The number of nitrogens with zero attached hydrogens (tertiary/aromatic N) is 4. The Morgan fingerprint density at radius 3 is 2.74 bits per heavy atom. The maximum Gasteiger partial charge on any atom is 0.353 e. The van der Waals surface area contributed by atoms with Crippen molar-refractivity contribution in [1.29, 1.82) is 0 Å². The van der Waals surface area contributed by atoms with E-state index in [0.717, 1.165) is 12.8 Å². The highest BCUT2D eigenvalue weighted by molar-refractivity contribution is 5.74. The highest BCUT2D eigenvalue weighted by atomic mass is 19.1. The normalized spacial score (nSPS) is 10.4. The Balaban J connectivity index is 2.40. The van der Waals surface area contributed by atoms with E-state index in [0.29, 0.717) is 6.54 Å². The summed E-state index contributed by atoms with van der Waals surface area (Å²) in [6.45, 7) is 2.67. The third kappa shape index (κ3) is 3.91. The zero-order valence-corrected chi connectivity index (χ0v) is 13.0. The number of aromatic nitrogens is 2. The monoisotopic (exact) mass is 319 g/mol. The summed E-state index contributed by atoms with van der Waals surface area (Å²) in [5, 5.41) is 14.1. The van der Waals surface area contributed by atoms with Gasteiger partial charge in [0, 0.05) is 13.6 Å². The summed E-state index contributed by atoms with van der Waals surface area (Å²) >= 11 is 0. The lowest BCUT2D eigenvalue weighted by Gasteiger charge is -2.18. The number of anilines is 3. The Morgan fingerprint density at radius 1 is 1.35 bits per heavy atom. The van der Waals surface area contributed by atoms with Crippen molar-refractivity contribution in [2.75, 3.05) is 23.8 Å². The van der Waals surface area contributed by atoms with Crippen LogP contribution in [0.4, 0.5) is 27.4 Å². The van der Waals surface area contributed by atoms with E-state index in [-0.39, 0.29) is 23.0 Å². The SMILES string of the molecule is CCCCN(C)c1ncnc(Nc2ccccc2F)c1[N+](=O)[O-]. The van der Waals surface area contributed by atoms with E-state index in [9.17, 15) is 14.5 Å². The standard InChI is InChI=1S/C15H18FN5O2/c1-3-4-9-20(2)15-13(21(22)23)14(17-10-18-15)19-12-8-6-5-7-11(12)16/h5-8,10H,3-4,9H2,1-2H3,(H,17,18,19). The van der Waals surface area contributed by atoms with Crippen molar-refractivity contribution in [3.63, 3.8) is 0 Å². The smallest absolute Gasteiger partial charge is 0.353 e. The number of nitro groups is 1. The van der Waals surface area contributed by atoms with Crippen LogP contribution in [0.2, 0.25) is 0 Å². The first-order valence-corrected chi connectivity index (χ1v) is 7.26. The van der Waals surface area contributed by atoms with Gasteiger partial charge >= 0.3 is 5.69 Å². The first-order chi connectivity index (χ1) is 11.0. The van der Waals surface area contributed by atoms with E-state index >= 15 is 0 Å². The lowest BCUT2D eigenvalue weighted by Crippen LogP contribution is -2.21. The Morgan fingerprint density at radius 2 is 2.09 bits per heavy atom. The number of benzene rings is 1. The fraction of sp³-hybridized carbons (Fsp3) is 0.333. The molecule has 1 aromatic heterocycles. The maximum atomic E-state index is 13.7. The predicted molar refractivity (Wildman–Crippen MR) is 86.5 cm³/mol. The van der Waals surface area contributed by atoms with E-state index in [1.54, 1.807) is 24.1 Å². The van der Waals surface area contributed by atoms with Crippen molar-refractivity contribution < 1.29 is 9.31 Å². The fourth-order valence-electron chi connectivity index (χ4n) is 2.10. The second-order valence-corrected chi connectivity index (χ2v) is 5.03. The van der Waals surface area contributed by atoms with E-state index in [2.05, 4.69) is 15.3 Å². The van der Waals surface area contributed by atoms with Crippen molar-refractivity contribution in [3.05, 3.63) is 46.5 Å². The summed E-state index contributed by atoms with van der Waals surface area (Å²) in [4.78, 5) is 20.5. The van der Waals surface area contributed by atoms with Crippen LogP contribution in [0.15, 0.2) is 30.6 Å². The van der Waals surface area contributed by atoms with Crippen molar-refractivity contribution in [2.45, 2.75) is 19.8 Å². The van der Waals surface area contributed by atoms with Crippen LogP contribution in [-0.4, -0.2) is 28.5 Å². The van der Waals surface area contributed by atoms with Crippen LogP contribution < -0.4 is 10.2 Å². The summed E-state index contributed by atoms with van der Waals surface area (Å²) in [5.74, 6) is -0.341. The van der Waals surface area contributed by atoms with Gasteiger partial charge < -0.3 is 10.2 Å². The van der Waals surface area contributed by atoms with Crippen LogP contribution >= 0.6 is 0 Å². The number of unbranched alkanes of at least 4 members (excludes halogenated alkanes) is 1. The first-order valence-electron chi connectivity index (χ1n) is 7.26. The van der Waals surface area contributed by atoms with Gasteiger partial charge in [-0.15, -0.1) is 0 Å². The van der Waals surface area contributed by atoms with Crippen LogP contribution in [0, 0.1) is 15.9 Å². The van der Waals surface area contributed by atoms with Gasteiger partial charge in [-0.2, -0.15) is 0 Å². The van der Waals surface area contributed by atoms with Crippen LogP contribution in [0.25, 0.3) is 0 Å². The molecule has 1 heterocycles. The van der Waals surface area contributed by atoms with Crippen molar-refractivity contribution >= 4 is 23.0 Å². The van der Waals surface area contributed by atoms with Gasteiger partial charge in [-0.1, -0.05) is 25.5 Å². The molecule has 0 bridgehead atoms. The van der Waals surface area contributed by atoms with Gasteiger partial charge in [-0.05, 0) is 18.6 Å². The average molecular weight is 319 g/mol. The largest absolute Gasteiger partial charge is 0.354 e. The molecular formula is C15H18FN5O2. The summed E-state index contributed by atoms with van der Waals surface area (Å²) in [7, 11) is 1.73. The molecule has 1 aromatic carbocycles. The molecule has 2 rings (SSSR count). The second kappa shape index (κ2) is 7.48. The minimum Gasteiger partial charge on any atom is -0.354 e. The Labute approximate surface area is 133 Å². The lowest BCUT2D eigenvalue weighted by molar-refractivity contribution is -0.383. The number of para-hydroxylation sites is 1. The van der Waals surface area contributed by atoms with Gasteiger partial charge in [0.15, 0.2) is 0 Å². The zero-order chi connectivity index (χ0) is 16.8. The molecule has 0 aliphatic carbocycles. The molecular weight excluding hydrogens is 301 g/mol. The predicted octanol–water partition coefficient (Wildman–Crippen LogP) is 3.50. The number of halogens is 1. The highest BCUT2D eigenvalue weighted by Crippen LogP contribution is 2.33. The first kappa shape index (κ1) is 16.6. The molecule has 0 spiro atoms. The Hall–Kier alpha value is -2.77. The van der Waals surface area contributed by atoms with Gasteiger partial charge in [0.25, 0.3) is 0 Å². The average Bonchev–Trinajstić information content (AvgIpc) is 2.54. The van der Waals surface area contributed by atoms with Gasteiger partial charge in [0.05, 0.1) is 10.6 Å². The summed E-state index contributed by atoms with van der Waals surface area (Å²) in [6.07, 6.45) is 3.07. The van der Waals surface area contributed by atoms with Crippen molar-refractivity contribution in [3.8, 4) is 0 Å². The summed E-state index contributed by atoms with van der Waals surface area (Å²) in [6, 6.07) is 5.93. The number of hydrogen-bond donors (Lipinski definition) is 1. The minimum atomic E-state index is -0.555. The molecule has 0 saturated carbocycles. The molecule has 0 fully saturated rings. The van der Waals surface area contributed by atoms with Gasteiger partial charge in [-0.3, -0.25) is 10.1 Å². The third-order valence-corrected chi connectivity index (χ3v) is 3.32. The quantitative estimate of drug-likeness (QED) is 0.621. The number of hydrogen-bond acceptors (Lipinski definition) is 6. The van der Waals surface area contributed by atoms with Crippen molar-refractivity contribution in [1.82, 2.24) is 9.97 Å². The topological polar surface area (TPSA) is 84.2 Å². The highest BCUT2D eigenvalue weighted by Gasteiger charge is 2.25. The van der Waals surface area contributed by atoms with E-state index < -0.39 is 10.7 Å². The number of nitrogens with one attached hydrogen (secondary N) is 1. The molecule has 0 radical (unpaired) electrons. The molecule has 122 valence electrons. The molecule has 23 heavy (non-hydrogen) atoms. The maximum absolute atomic E-state index is 13.7. The molecule has 0 aliphatic rings. The van der Waals surface area contributed by atoms with Crippen LogP contribution in [0.5, 0.6) is 0 Å². The molecule has 0 atom stereocenters. The third-order valence-electron chi connectivity index (χ3n) is 3.32. The van der Waals surface area contributed by atoms with E-state index in [1.165, 1.54) is 18.5 Å². The van der Waals surface area contributed by atoms with E-state index in [4.69, 9.17) is 0 Å². The van der Waals surface area contributed by atoms with Gasteiger partial charge in [-0.25, -0.2) is 14.4 Å². The van der Waals surface area contributed by atoms with Crippen LogP contribution in [0.3, 0.4) is 0 Å². The van der Waals surface area contributed by atoms with Gasteiger partial charge in [0.1, 0.15) is 12.1 Å². The Kier molecular flexibility index (Phi) is 5.40.